The molecule has 0 N–H and O–H groups in total. The third-order valence-corrected chi connectivity index (χ3v) is 11.8. The molecule has 0 bridgehead atoms. The Morgan fingerprint density at radius 1 is 0.333 bits per heavy atom. The maximum Gasteiger partial charge on any atom is 0.137 e. The van der Waals surface area contributed by atoms with E-state index in [1.807, 2.05) is 24.3 Å². The van der Waals surface area contributed by atoms with Gasteiger partial charge >= 0.3 is 0 Å². The van der Waals surface area contributed by atoms with E-state index in [1.165, 1.54) is 54.7 Å². The molecule has 60 heavy (non-hydrogen) atoms. The number of benzene rings is 8. The maximum atomic E-state index is 6.30. The first kappa shape index (κ1) is 36.6. The van der Waals surface area contributed by atoms with Crippen molar-refractivity contribution in [3.8, 4) is 22.5 Å². The van der Waals surface area contributed by atoms with Gasteiger partial charge < -0.3 is 18.0 Å². The van der Waals surface area contributed by atoms with Crippen LogP contribution in [0.4, 0.5) is 0 Å². The highest BCUT2D eigenvalue weighted by Crippen LogP contribution is 2.42. The van der Waals surface area contributed by atoms with Crippen molar-refractivity contribution in [3.63, 3.8) is 0 Å². The van der Waals surface area contributed by atoms with Crippen LogP contribution >= 0.6 is 0 Å². The summed E-state index contributed by atoms with van der Waals surface area (Å²) in [4.78, 5) is 0. The van der Waals surface area contributed by atoms with Crippen molar-refractivity contribution < 1.29 is 8.83 Å². The van der Waals surface area contributed by atoms with E-state index in [4.69, 9.17) is 47.5 Å². The predicted octanol–water partition coefficient (Wildman–Crippen LogP) is 10.3. The summed E-state index contributed by atoms with van der Waals surface area (Å²) >= 11 is 0. The molecule has 4 nitrogen and oxygen atoms in total. The summed E-state index contributed by atoms with van der Waals surface area (Å²) in [6, 6.07) is 60.6. The van der Waals surface area contributed by atoms with Gasteiger partial charge in [-0.2, -0.15) is 0 Å². The number of rotatable bonds is 5. The summed E-state index contributed by atoms with van der Waals surface area (Å²) < 4.78 is 17.4. The summed E-state index contributed by atoms with van der Waals surface area (Å²) in [6.07, 6.45) is -1.78. The number of nitrogens with zero attached hydrogens (tertiary/aromatic N) is 2. The van der Waals surface area contributed by atoms with E-state index in [-0.39, 0.29) is 0 Å². The Kier molecular flexibility index (Phi) is 8.74. The van der Waals surface area contributed by atoms with E-state index < -0.39 is 19.2 Å². The van der Waals surface area contributed by atoms with E-state index >= 15 is 0 Å². The summed E-state index contributed by atoms with van der Waals surface area (Å²) in [7, 11) is 25.8. The van der Waals surface area contributed by atoms with Gasteiger partial charge in [0.2, 0.25) is 0 Å². The Bertz CT molecular complexity index is 3380. The second-order valence-corrected chi connectivity index (χ2v) is 15.4. The van der Waals surface area contributed by atoms with E-state index in [1.54, 1.807) is 0 Å². The molecule has 12 heteroatoms. The zero-order valence-electron chi connectivity index (χ0n) is 32.5. The highest BCUT2D eigenvalue weighted by atomic mass is 16.3. The maximum absolute atomic E-state index is 6.30. The molecule has 0 spiro atoms. The molecule has 266 valence electrons. The average molecular weight is 751 g/mol. The Balaban J connectivity index is 0.000000467. The lowest BCUT2D eigenvalue weighted by Gasteiger charge is -2.13. The second-order valence-electron chi connectivity index (χ2n) is 15.4. The van der Waals surface area contributed by atoms with Crippen molar-refractivity contribution in [1.29, 1.82) is 0 Å². The molecule has 10 radical (unpaired) electrons. The molecule has 8 aromatic carbocycles. The molecule has 0 fully saturated rings. The van der Waals surface area contributed by atoms with E-state index in [2.05, 4.69) is 155 Å². The van der Waals surface area contributed by atoms with Crippen LogP contribution in [0.15, 0.2) is 179 Å². The minimum Gasteiger partial charge on any atom is -0.456 e. The van der Waals surface area contributed by atoms with Crippen LogP contribution in [-0.4, -0.2) is 67.0 Å². The number of fused-ring (bicyclic) bond motifs is 12. The minimum absolute atomic E-state index is 0.519. The summed E-state index contributed by atoms with van der Waals surface area (Å²) in [5.74, 6) is 0. The summed E-state index contributed by atoms with van der Waals surface area (Å²) in [6.45, 7) is 0. The lowest BCUT2D eigenvalue weighted by molar-refractivity contribution is 0.668. The second kappa shape index (κ2) is 14.3. The minimum atomic E-state index is -0.630. The number of hydrogen-bond acceptors (Lipinski definition) is 2. The summed E-state index contributed by atoms with van der Waals surface area (Å²) in [5, 5.41) is 9.40. The predicted molar refractivity (Wildman–Crippen MR) is 261 cm³/mol. The topological polar surface area (TPSA) is 36.1 Å². The zero-order chi connectivity index (χ0) is 40.6. The Morgan fingerprint density at radius 2 is 0.700 bits per heavy atom. The molecule has 0 saturated carbocycles. The van der Waals surface area contributed by atoms with Crippen LogP contribution in [0.25, 0.3) is 110 Å². The zero-order valence-corrected chi connectivity index (χ0v) is 32.5. The van der Waals surface area contributed by atoms with Gasteiger partial charge in [0.05, 0.1) is 44.2 Å². The highest BCUT2D eigenvalue weighted by molar-refractivity contribution is 7.89. The fourth-order valence-electron chi connectivity index (χ4n) is 8.97. The Labute approximate surface area is 354 Å². The third-order valence-electron chi connectivity index (χ3n) is 11.8. The number of para-hydroxylation sites is 4. The first-order valence-corrected chi connectivity index (χ1v) is 20.0. The molecular weight excluding hydrogens is 723 g/mol. The Hall–Kier alpha value is -6.52. The monoisotopic (exact) mass is 752 g/mol. The van der Waals surface area contributed by atoms with Crippen LogP contribution in [0, 0.1) is 0 Å². The van der Waals surface area contributed by atoms with Gasteiger partial charge in [-0.25, -0.2) is 0 Å². The van der Waals surface area contributed by atoms with Crippen LogP contribution in [0.2, 0.25) is 0 Å². The van der Waals surface area contributed by atoms with Crippen LogP contribution in [0.5, 0.6) is 0 Å². The largest absolute Gasteiger partial charge is 0.456 e. The van der Waals surface area contributed by atoms with E-state index in [9.17, 15) is 0 Å². The molecule has 0 aliphatic rings. The SMILES string of the molecule is [B]B([B])B([B])B([B])[B].c1ccc2c(c1)oc1cccc(-n3c4ccccc4c4cc(-c5ccc6c(c5)c5ccccc5n6-c5cccc6oc7ccccc7c56)ccc43)c12. The quantitative estimate of drug-likeness (QED) is 0.164. The number of aromatic nitrogens is 2. The summed E-state index contributed by atoms with van der Waals surface area (Å²) in [5.41, 5.74) is 12.9. The van der Waals surface area contributed by atoms with Crippen LogP contribution < -0.4 is 0 Å². The first-order valence-electron chi connectivity index (χ1n) is 20.0. The van der Waals surface area contributed by atoms with Crippen LogP contribution in [0.3, 0.4) is 0 Å². The van der Waals surface area contributed by atoms with Gasteiger partial charge in [-0.15, -0.1) is 0 Å². The van der Waals surface area contributed by atoms with Gasteiger partial charge in [0.1, 0.15) is 22.3 Å². The molecule has 0 unspecified atom stereocenters. The molecular formula is C48H28B8N2O2. The lowest BCUT2D eigenvalue weighted by atomic mass is 8.68. The fraction of sp³-hybridized carbons (Fsp3) is 0. The highest BCUT2D eigenvalue weighted by Gasteiger charge is 2.21. The molecule has 4 heterocycles. The van der Waals surface area contributed by atoms with Gasteiger partial charge in [-0.1, -0.05) is 97.1 Å². The molecule has 0 saturated heterocycles. The van der Waals surface area contributed by atoms with Gasteiger partial charge in [-0.05, 0) is 83.9 Å². The van der Waals surface area contributed by atoms with E-state index in [0.717, 1.165) is 55.3 Å². The van der Waals surface area contributed by atoms with Crippen molar-refractivity contribution >= 4 is 145 Å². The lowest BCUT2D eigenvalue weighted by Crippen LogP contribution is -2.52. The van der Waals surface area contributed by atoms with Crippen molar-refractivity contribution in [1.82, 2.24) is 9.13 Å². The van der Waals surface area contributed by atoms with Gasteiger partial charge in [-0.3, -0.25) is 0 Å². The van der Waals surface area contributed by atoms with Crippen LogP contribution in [0.1, 0.15) is 0 Å². The van der Waals surface area contributed by atoms with E-state index in [0.29, 0.717) is 0 Å². The standard InChI is InChI=1S/C48H28N2O2.B8/c1-5-15-37-31(11-1)35-27-29(23-25-39(35)49(37)41-17-9-21-45-47(41)33-13-3-7-19-43(33)51-45)30-24-26-40-36(28-30)32-12-2-6-16-38(32)50(40)42-18-10-22-46-48(42)34-14-4-8-20-44(34)52-46;1-6(2)8(5)7(3)4/h1-28H;. The van der Waals surface area contributed by atoms with Crippen molar-refractivity contribution in [2.24, 2.45) is 0 Å². The average Bonchev–Trinajstić information content (AvgIpc) is 4.03. The smallest absolute Gasteiger partial charge is 0.137 e. The normalized spacial score (nSPS) is 11.7. The fourth-order valence-corrected chi connectivity index (χ4v) is 8.97. The Morgan fingerprint density at radius 3 is 1.12 bits per heavy atom. The molecule has 0 aliphatic heterocycles. The number of furan rings is 2. The molecule has 12 rings (SSSR count). The number of hydrogen-bond donors (Lipinski definition) is 0. The van der Waals surface area contributed by atoms with Crippen molar-refractivity contribution in [2.75, 3.05) is 0 Å². The molecule has 0 amide bonds. The third kappa shape index (κ3) is 5.72. The van der Waals surface area contributed by atoms with Gasteiger partial charge in [0.25, 0.3) is 0 Å². The first-order chi connectivity index (χ1) is 29.4. The molecule has 12 aromatic rings. The van der Waals surface area contributed by atoms with Gasteiger partial charge in [0, 0.05) is 90.2 Å². The van der Waals surface area contributed by atoms with Crippen molar-refractivity contribution in [3.05, 3.63) is 170 Å². The molecule has 4 aromatic heterocycles. The molecule has 0 aliphatic carbocycles. The van der Waals surface area contributed by atoms with Crippen molar-refractivity contribution in [2.45, 2.75) is 0 Å². The van der Waals surface area contributed by atoms with Crippen LogP contribution in [-0.2, 0) is 0 Å². The van der Waals surface area contributed by atoms with Gasteiger partial charge in [0.15, 0.2) is 0 Å². The molecule has 0 atom stereocenters.